The Labute approximate surface area is 170 Å². The number of fused-ring (bicyclic) bond motifs is 3. The van der Waals surface area contributed by atoms with E-state index in [4.69, 9.17) is 0 Å². The maximum absolute atomic E-state index is 13.3. The smallest absolute Gasteiger partial charge is 0.162 e. The van der Waals surface area contributed by atoms with E-state index in [1.54, 1.807) is 11.3 Å². The number of nitrogens with zero attached hydrogens (tertiary/aromatic N) is 1. The van der Waals surface area contributed by atoms with E-state index >= 15 is 0 Å². The fourth-order valence-electron chi connectivity index (χ4n) is 4.46. The zero-order valence-electron chi connectivity index (χ0n) is 15.2. The van der Waals surface area contributed by atoms with Gasteiger partial charge in [0.25, 0.3) is 0 Å². The first-order valence-electron chi connectivity index (χ1n) is 9.08. The van der Waals surface area contributed by atoms with E-state index in [0.29, 0.717) is 6.42 Å². The molecule has 1 N–H and O–H groups in total. The average Bonchev–Trinajstić information content (AvgIpc) is 3.04. The van der Waals surface area contributed by atoms with Crippen LogP contribution in [-0.4, -0.2) is 10.8 Å². The van der Waals surface area contributed by atoms with Crippen LogP contribution >= 0.6 is 27.3 Å². The van der Waals surface area contributed by atoms with Crippen molar-refractivity contribution in [2.45, 2.75) is 32.6 Å². The minimum atomic E-state index is -0.0536. The van der Waals surface area contributed by atoms with Crippen molar-refractivity contribution in [1.29, 1.82) is 0 Å². The summed E-state index contributed by atoms with van der Waals surface area (Å²) < 4.78 is 1.07. The van der Waals surface area contributed by atoms with E-state index in [9.17, 15) is 4.79 Å². The van der Waals surface area contributed by atoms with Gasteiger partial charge in [-0.3, -0.25) is 9.78 Å². The summed E-state index contributed by atoms with van der Waals surface area (Å²) in [5.41, 5.74) is 5.21. The fraction of sp³-hybridized carbons (Fsp3) is 0.273. The van der Waals surface area contributed by atoms with Crippen molar-refractivity contribution in [2.24, 2.45) is 5.41 Å². The minimum absolute atomic E-state index is 0.0178. The first-order chi connectivity index (χ1) is 12.9. The van der Waals surface area contributed by atoms with Crippen LogP contribution in [0, 0.1) is 5.41 Å². The number of hydrogen-bond acceptors (Lipinski definition) is 4. The molecule has 136 valence electrons. The highest BCUT2D eigenvalue weighted by Gasteiger charge is 2.42. The highest BCUT2D eigenvalue weighted by molar-refractivity contribution is 9.10. The van der Waals surface area contributed by atoms with Crippen molar-refractivity contribution in [2.75, 3.05) is 5.32 Å². The Morgan fingerprint density at radius 3 is 2.85 bits per heavy atom. The highest BCUT2D eigenvalue weighted by Crippen LogP contribution is 2.52. The number of nitrogens with one attached hydrogen (secondary N) is 1. The molecule has 1 unspecified atom stereocenters. The lowest BCUT2D eigenvalue weighted by Gasteiger charge is -2.39. The second-order valence-corrected chi connectivity index (χ2v) is 9.92. The molecule has 0 radical (unpaired) electrons. The van der Waals surface area contributed by atoms with Crippen molar-refractivity contribution in [1.82, 2.24) is 4.98 Å². The van der Waals surface area contributed by atoms with Crippen LogP contribution in [0.3, 0.4) is 0 Å². The van der Waals surface area contributed by atoms with Crippen LogP contribution in [-0.2, 0) is 4.79 Å². The number of halogens is 1. The summed E-state index contributed by atoms with van der Waals surface area (Å²) in [6.45, 7) is 4.35. The predicted molar refractivity (Wildman–Crippen MR) is 114 cm³/mol. The standard InChI is InChI=1S/C22H19BrN2OS/c1-22(2)10-16-19(17(26)11-22)20(21-13(23)7-9-27-21)18-12-4-3-8-24-14(12)5-6-15(18)25-16/h3-9,20,25H,10-11H2,1-2H3. The second-order valence-electron chi connectivity index (χ2n) is 8.12. The third-order valence-corrected chi connectivity index (χ3v) is 7.45. The van der Waals surface area contributed by atoms with Crippen LogP contribution in [0.25, 0.3) is 10.9 Å². The normalized spacial score (nSPS) is 21.0. The van der Waals surface area contributed by atoms with Gasteiger partial charge in [-0.25, -0.2) is 0 Å². The summed E-state index contributed by atoms with van der Waals surface area (Å²) in [5.74, 6) is 0.202. The molecule has 1 atom stereocenters. The maximum Gasteiger partial charge on any atom is 0.162 e. The molecule has 3 nitrogen and oxygen atoms in total. The van der Waals surface area contributed by atoms with E-state index in [-0.39, 0.29) is 17.1 Å². The molecule has 0 amide bonds. The summed E-state index contributed by atoms with van der Waals surface area (Å²) in [4.78, 5) is 19.0. The van der Waals surface area contributed by atoms with E-state index in [1.807, 2.05) is 12.3 Å². The van der Waals surface area contributed by atoms with Crippen LogP contribution in [0.4, 0.5) is 5.69 Å². The number of allylic oxidation sites excluding steroid dienone is 2. The summed E-state index contributed by atoms with van der Waals surface area (Å²) in [6, 6.07) is 10.3. The summed E-state index contributed by atoms with van der Waals surface area (Å²) in [5, 5.41) is 6.80. The number of pyridine rings is 1. The number of ketones is 1. The number of carbonyl (C=O) groups is 1. The second kappa shape index (κ2) is 6.01. The van der Waals surface area contributed by atoms with Crippen LogP contribution < -0.4 is 5.32 Å². The Morgan fingerprint density at radius 2 is 2.07 bits per heavy atom. The zero-order chi connectivity index (χ0) is 18.8. The lowest BCUT2D eigenvalue weighted by Crippen LogP contribution is -2.33. The van der Waals surface area contributed by atoms with E-state index in [1.165, 1.54) is 4.88 Å². The van der Waals surface area contributed by atoms with Gasteiger partial charge < -0.3 is 5.32 Å². The summed E-state index contributed by atoms with van der Waals surface area (Å²) in [6.07, 6.45) is 3.30. The van der Waals surface area contributed by atoms with E-state index < -0.39 is 0 Å². The van der Waals surface area contributed by atoms with Gasteiger partial charge >= 0.3 is 0 Å². The molecule has 1 aromatic carbocycles. The van der Waals surface area contributed by atoms with E-state index in [0.717, 1.165) is 44.3 Å². The molecule has 0 fully saturated rings. The molecule has 0 bridgehead atoms. The van der Waals surface area contributed by atoms with Gasteiger partial charge in [-0.05, 0) is 63.0 Å². The van der Waals surface area contributed by atoms with Crippen molar-refractivity contribution in [3.63, 3.8) is 0 Å². The van der Waals surface area contributed by atoms with Gasteiger partial charge in [-0.1, -0.05) is 19.9 Å². The summed E-state index contributed by atoms with van der Waals surface area (Å²) >= 11 is 5.42. The van der Waals surface area contributed by atoms with Crippen molar-refractivity contribution >= 4 is 49.6 Å². The lowest BCUT2D eigenvalue weighted by molar-refractivity contribution is -0.118. The molecular formula is C22H19BrN2OS. The van der Waals surface area contributed by atoms with E-state index in [2.05, 4.69) is 69.7 Å². The molecule has 3 heterocycles. The largest absolute Gasteiger partial charge is 0.358 e. The molecule has 27 heavy (non-hydrogen) atoms. The van der Waals surface area contributed by atoms with Crippen LogP contribution in [0.5, 0.6) is 0 Å². The Bertz CT molecular complexity index is 1130. The topological polar surface area (TPSA) is 42.0 Å². The van der Waals surface area contributed by atoms with Crippen LogP contribution in [0.1, 0.15) is 43.0 Å². The first-order valence-corrected chi connectivity index (χ1v) is 10.8. The molecule has 0 saturated heterocycles. The Balaban J connectivity index is 1.84. The van der Waals surface area contributed by atoms with Crippen molar-refractivity contribution < 1.29 is 4.79 Å². The Hall–Kier alpha value is -1.98. The maximum atomic E-state index is 13.3. The number of thiophene rings is 1. The number of carbonyl (C=O) groups excluding carboxylic acids is 1. The predicted octanol–water partition coefficient (Wildman–Crippen LogP) is 6.26. The molecule has 5 heteroatoms. The van der Waals surface area contributed by atoms with Gasteiger partial charge in [0.1, 0.15) is 0 Å². The van der Waals surface area contributed by atoms with Crippen LogP contribution in [0.15, 0.2) is 57.7 Å². The van der Waals surface area contributed by atoms with Gasteiger partial charge in [0.05, 0.1) is 11.4 Å². The summed E-state index contributed by atoms with van der Waals surface area (Å²) in [7, 11) is 0. The number of anilines is 1. The fourth-order valence-corrected chi connectivity index (χ4v) is 6.18. The number of aromatic nitrogens is 1. The Morgan fingerprint density at radius 1 is 1.22 bits per heavy atom. The SMILES string of the molecule is CC1(C)CC(=O)C2=C(C1)Nc1ccc3ncccc3c1C2c1sccc1Br. The van der Waals surface area contributed by atoms with Crippen molar-refractivity contribution in [3.05, 3.63) is 68.1 Å². The number of benzene rings is 1. The van der Waals surface area contributed by atoms with Gasteiger partial charge in [-0.2, -0.15) is 0 Å². The molecule has 1 aliphatic carbocycles. The highest BCUT2D eigenvalue weighted by atomic mass is 79.9. The molecule has 1 aliphatic heterocycles. The molecule has 0 spiro atoms. The molecule has 0 saturated carbocycles. The molecule has 5 rings (SSSR count). The minimum Gasteiger partial charge on any atom is -0.358 e. The molecular weight excluding hydrogens is 420 g/mol. The lowest BCUT2D eigenvalue weighted by atomic mass is 9.69. The van der Waals surface area contributed by atoms with Crippen LogP contribution in [0.2, 0.25) is 0 Å². The van der Waals surface area contributed by atoms with Gasteiger partial charge in [0, 0.05) is 44.3 Å². The monoisotopic (exact) mass is 438 g/mol. The zero-order valence-corrected chi connectivity index (χ0v) is 17.6. The molecule has 2 aliphatic rings. The van der Waals surface area contributed by atoms with Crippen molar-refractivity contribution in [3.8, 4) is 0 Å². The third kappa shape index (κ3) is 2.67. The number of rotatable bonds is 1. The van der Waals surface area contributed by atoms with Gasteiger partial charge in [-0.15, -0.1) is 11.3 Å². The number of hydrogen-bond donors (Lipinski definition) is 1. The van der Waals surface area contributed by atoms with Gasteiger partial charge in [0.15, 0.2) is 5.78 Å². The quantitative estimate of drug-likeness (QED) is 0.487. The Kier molecular flexibility index (Phi) is 3.82. The third-order valence-electron chi connectivity index (χ3n) is 5.52. The first kappa shape index (κ1) is 17.1. The average molecular weight is 439 g/mol. The number of Topliss-reactive ketones (excluding diaryl/α,β-unsaturated/α-hetero) is 1. The molecule has 2 aromatic heterocycles. The van der Waals surface area contributed by atoms with Gasteiger partial charge in [0.2, 0.25) is 0 Å². The molecule has 3 aromatic rings.